The highest BCUT2D eigenvalue weighted by Crippen LogP contribution is 2.19. The highest BCUT2D eigenvalue weighted by Gasteiger charge is 2.33. The lowest BCUT2D eigenvalue weighted by Gasteiger charge is -2.21. The molecule has 2 amide bonds. The first kappa shape index (κ1) is 13.8. The van der Waals surface area contributed by atoms with Crippen molar-refractivity contribution in [1.29, 1.82) is 0 Å². The number of carboxylic acid groups (broad SMARTS) is 1. The summed E-state index contributed by atoms with van der Waals surface area (Å²) in [5.41, 5.74) is 4.96. The van der Waals surface area contributed by atoms with Gasteiger partial charge in [0.2, 0.25) is 11.8 Å². The number of rotatable bonds is 6. The normalized spacial score (nSPS) is 19.3. The van der Waals surface area contributed by atoms with E-state index in [9.17, 15) is 14.4 Å². The zero-order valence-corrected chi connectivity index (χ0v) is 10.2. The summed E-state index contributed by atoms with van der Waals surface area (Å²) in [5, 5.41) is 8.92. The molecule has 0 radical (unpaired) electrons. The molecule has 0 aromatic heterocycles. The Hall–Kier alpha value is -1.24. The lowest BCUT2D eigenvalue weighted by molar-refractivity contribution is -0.148. The number of hydrogen-bond donors (Lipinski definition) is 2. The molecule has 0 unspecified atom stereocenters. The van der Waals surface area contributed by atoms with Gasteiger partial charge < -0.3 is 15.7 Å². The number of nitrogens with zero attached hydrogens (tertiary/aromatic N) is 1. The van der Waals surface area contributed by atoms with Crippen molar-refractivity contribution >= 4 is 29.5 Å². The molecule has 1 atom stereocenters. The molecule has 17 heavy (non-hydrogen) atoms. The average Bonchev–Trinajstić information content (AvgIpc) is 2.72. The summed E-state index contributed by atoms with van der Waals surface area (Å²) in [6.07, 6.45) is 1.51. The number of aliphatic carboxylic acids is 1. The molecule has 0 aromatic carbocycles. The summed E-state index contributed by atoms with van der Waals surface area (Å²) in [6.45, 7) is 0.510. The van der Waals surface area contributed by atoms with Crippen LogP contribution in [-0.2, 0) is 14.4 Å². The molecule has 0 spiro atoms. The zero-order chi connectivity index (χ0) is 12.8. The number of nitrogens with two attached hydrogens (primary N) is 1. The topological polar surface area (TPSA) is 101 Å². The van der Waals surface area contributed by atoms with E-state index in [1.165, 1.54) is 16.7 Å². The van der Waals surface area contributed by atoms with E-state index in [1.807, 2.05) is 0 Å². The molecule has 0 bridgehead atoms. The molecule has 1 fully saturated rings. The van der Waals surface area contributed by atoms with E-state index in [0.717, 1.165) is 6.42 Å². The Labute approximate surface area is 104 Å². The number of hydrogen-bond acceptors (Lipinski definition) is 4. The fourth-order valence-electron chi connectivity index (χ4n) is 1.80. The number of carbonyl (C=O) groups is 3. The highest BCUT2D eigenvalue weighted by molar-refractivity contribution is 7.99. The molecular weight excluding hydrogens is 244 g/mol. The quantitative estimate of drug-likeness (QED) is 0.637. The average molecular weight is 260 g/mol. The lowest BCUT2D eigenvalue weighted by Crippen LogP contribution is -2.40. The molecule has 1 heterocycles. The van der Waals surface area contributed by atoms with Gasteiger partial charge in [0, 0.05) is 18.7 Å². The second-order valence-corrected chi connectivity index (χ2v) is 4.96. The summed E-state index contributed by atoms with van der Waals surface area (Å²) in [7, 11) is 0. The van der Waals surface area contributed by atoms with Gasteiger partial charge in [-0.3, -0.25) is 9.59 Å². The van der Waals surface area contributed by atoms with Crippen LogP contribution in [0.5, 0.6) is 0 Å². The van der Waals surface area contributed by atoms with Crippen LogP contribution in [-0.4, -0.2) is 51.9 Å². The van der Waals surface area contributed by atoms with Gasteiger partial charge in [-0.2, -0.15) is 11.8 Å². The number of thioether (sulfide) groups is 1. The minimum atomic E-state index is -0.944. The summed E-state index contributed by atoms with van der Waals surface area (Å²) in [6, 6.07) is -0.677. The second-order valence-electron chi connectivity index (χ2n) is 3.85. The Bertz CT molecular complexity index is 321. The van der Waals surface area contributed by atoms with Crippen molar-refractivity contribution < 1.29 is 19.5 Å². The predicted molar refractivity (Wildman–Crippen MR) is 63.5 cm³/mol. The molecule has 0 saturated carbocycles. The van der Waals surface area contributed by atoms with Crippen molar-refractivity contribution in [3.63, 3.8) is 0 Å². The third-order valence-electron chi connectivity index (χ3n) is 2.56. The van der Waals surface area contributed by atoms with Crippen molar-refractivity contribution in [2.45, 2.75) is 25.3 Å². The Morgan fingerprint density at radius 3 is 2.71 bits per heavy atom. The van der Waals surface area contributed by atoms with Gasteiger partial charge in [-0.05, 0) is 12.8 Å². The maximum absolute atomic E-state index is 11.7. The van der Waals surface area contributed by atoms with Crippen LogP contribution in [0.3, 0.4) is 0 Å². The van der Waals surface area contributed by atoms with Crippen LogP contribution in [0.2, 0.25) is 0 Å². The molecule has 96 valence electrons. The SMILES string of the molecule is NC(=O)CSCCC(=O)N1CCC[C@H]1C(=O)O. The van der Waals surface area contributed by atoms with Crippen molar-refractivity contribution in [3.8, 4) is 0 Å². The minimum Gasteiger partial charge on any atom is -0.480 e. The zero-order valence-electron chi connectivity index (χ0n) is 9.42. The molecule has 6 nitrogen and oxygen atoms in total. The van der Waals surface area contributed by atoms with Gasteiger partial charge in [-0.25, -0.2) is 4.79 Å². The van der Waals surface area contributed by atoms with E-state index in [1.54, 1.807) is 0 Å². The van der Waals surface area contributed by atoms with Gasteiger partial charge in [0.1, 0.15) is 6.04 Å². The molecule has 0 aromatic rings. The first-order valence-corrected chi connectivity index (χ1v) is 6.56. The monoisotopic (exact) mass is 260 g/mol. The van der Waals surface area contributed by atoms with Gasteiger partial charge in [0.25, 0.3) is 0 Å². The molecule has 1 rings (SSSR count). The van der Waals surface area contributed by atoms with Crippen molar-refractivity contribution in [1.82, 2.24) is 4.90 Å². The molecule has 1 aliphatic heterocycles. The van der Waals surface area contributed by atoms with E-state index in [0.29, 0.717) is 18.7 Å². The molecule has 7 heteroatoms. The molecule has 1 aliphatic rings. The van der Waals surface area contributed by atoms with E-state index < -0.39 is 17.9 Å². The third kappa shape index (κ3) is 4.26. The standard InChI is InChI=1S/C10H16N2O4S/c11-8(13)6-17-5-3-9(14)12-4-1-2-7(12)10(15)16/h7H,1-6H2,(H2,11,13)(H,15,16)/t7-/m0/s1. The van der Waals surface area contributed by atoms with Gasteiger partial charge in [0.05, 0.1) is 5.75 Å². The van der Waals surface area contributed by atoms with Gasteiger partial charge in [-0.1, -0.05) is 0 Å². The minimum absolute atomic E-state index is 0.160. The fourth-order valence-corrected chi connectivity index (χ4v) is 2.46. The Morgan fingerprint density at radius 1 is 1.41 bits per heavy atom. The Kier molecular flexibility index (Phi) is 5.27. The maximum Gasteiger partial charge on any atom is 0.326 e. The second kappa shape index (κ2) is 6.48. The lowest BCUT2D eigenvalue weighted by atomic mass is 10.2. The van der Waals surface area contributed by atoms with E-state index in [4.69, 9.17) is 10.8 Å². The third-order valence-corrected chi connectivity index (χ3v) is 3.54. The summed E-state index contributed by atoms with van der Waals surface area (Å²) < 4.78 is 0. The first-order chi connectivity index (χ1) is 8.02. The summed E-state index contributed by atoms with van der Waals surface area (Å²) in [5.74, 6) is -0.834. The van der Waals surface area contributed by atoms with Crippen LogP contribution in [0.15, 0.2) is 0 Å². The molecule has 1 saturated heterocycles. The highest BCUT2D eigenvalue weighted by atomic mass is 32.2. The first-order valence-electron chi connectivity index (χ1n) is 5.40. The van der Waals surface area contributed by atoms with Crippen molar-refractivity contribution in [3.05, 3.63) is 0 Å². The Balaban J connectivity index is 2.32. The largest absolute Gasteiger partial charge is 0.480 e. The number of carbonyl (C=O) groups excluding carboxylic acids is 2. The van der Waals surface area contributed by atoms with Crippen LogP contribution in [0.25, 0.3) is 0 Å². The van der Waals surface area contributed by atoms with Gasteiger partial charge in [0.15, 0.2) is 0 Å². The van der Waals surface area contributed by atoms with Crippen molar-refractivity contribution in [2.24, 2.45) is 5.73 Å². The summed E-state index contributed by atoms with van der Waals surface area (Å²) in [4.78, 5) is 34.5. The fraction of sp³-hybridized carbons (Fsp3) is 0.700. The van der Waals surface area contributed by atoms with Crippen LogP contribution >= 0.6 is 11.8 Å². The van der Waals surface area contributed by atoms with E-state index in [-0.39, 0.29) is 18.1 Å². The number of primary amides is 1. The molecule has 0 aliphatic carbocycles. The van der Waals surface area contributed by atoms with E-state index in [2.05, 4.69) is 0 Å². The predicted octanol–water partition coefficient (Wildman–Crippen LogP) is -0.329. The van der Waals surface area contributed by atoms with Crippen LogP contribution in [0, 0.1) is 0 Å². The van der Waals surface area contributed by atoms with Crippen LogP contribution in [0.1, 0.15) is 19.3 Å². The number of amides is 2. The van der Waals surface area contributed by atoms with Crippen molar-refractivity contribution in [2.75, 3.05) is 18.1 Å². The number of likely N-dealkylation sites (tertiary alicyclic amines) is 1. The molecule has 3 N–H and O–H groups in total. The summed E-state index contributed by atoms with van der Waals surface area (Å²) >= 11 is 1.29. The smallest absolute Gasteiger partial charge is 0.326 e. The Morgan fingerprint density at radius 2 is 2.12 bits per heavy atom. The number of carboxylic acids is 1. The van der Waals surface area contributed by atoms with Crippen LogP contribution in [0.4, 0.5) is 0 Å². The van der Waals surface area contributed by atoms with Crippen LogP contribution < -0.4 is 5.73 Å². The van der Waals surface area contributed by atoms with Gasteiger partial charge >= 0.3 is 5.97 Å². The van der Waals surface area contributed by atoms with E-state index >= 15 is 0 Å². The molecular formula is C10H16N2O4S. The maximum atomic E-state index is 11.7. The van der Waals surface area contributed by atoms with Gasteiger partial charge in [-0.15, -0.1) is 0 Å².